The van der Waals surface area contributed by atoms with Crippen LogP contribution in [-0.4, -0.2) is 21.1 Å². The maximum atomic E-state index is 4.47. The minimum absolute atomic E-state index is 0.725. The largest absolute Gasteiger partial charge is 0.370 e. The van der Waals surface area contributed by atoms with E-state index in [2.05, 4.69) is 29.2 Å². The molecule has 2 heterocycles. The lowest BCUT2D eigenvalue weighted by Crippen LogP contribution is -2.13. The van der Waals surface area contributed by atoms with E-state index < -0.39 is 0 Å². The van der Waals surface area contributed by atoms with Gasteiger partial charge >= 0.3 is 0 Å². The number of nitrogens with one attached hydrogen (secondary N) is 1. The summed E-state index contributed by atoms with van der Waals surface area (Å²) in [5.41, 5.74) is 0.884. The number of rotatable bonds is 5. The first-order valence-corrected chi connectivity index (χ1v) is 5.87. The average Bonchev–Trinajstić information content (AvgIpc) is 2.77. The van der Waals surface area contributed by atoms with E-state index in [0.29, 0.717) is 0 Å². The molecule has 0 aliphatic rings. The summed E-state index contributed by atoms with van der Waals surface area (Å²) in [4.78, 5) is 4.47. The van der Waals surface area contributed by atoms with Crippen molar-refractivity contribution in [3.63, 3.8) is 0 Å². The van der Waals surface area contributed by atoms with Gasteiger partial charge in [0.25, 0.3) is 0 Å². The monoisotopic (exact) mass is 218 g/mol. The van der Waals surface area contributed by atoms with Crippen LogP contribution in [0.2, 0.25) is 0 Å². The predicted molar refractivity (Wildman–Crippen MR) is 65.5 cm³/mol. The van der Waals surface area contributed by atoms with Crippen molar-refractivity contribution in [2.24, 2.45) is 5.92 Å². The molecule has 4 heteroatoms. The molecule has 0 saturated carbocycles. The van der Waals surface area contributed by atoms with Crippen molar-refractivity contribution in [2.45, 2.75) is 26.7 Å². The van der Waals surface area contributed by atoms with Crippen LogP contribution >= 0.6 is 0 Å². The van der Waals surface area contributed by atoms with Crippen LogP contribution in [0, 0.1) is 5.92 Å². The second-order valence-corrected chi connectivity index (χ2v) is 4.01. The minimum Gasteiger partial charge on any atom is -0.370 e. The Hall–Kier alpha value is -1.58. The maximum Gasteiger partial charge on any atom is 0.157 e. The van der Waals surface area contributed by atoms with E-state index in [1.807, 2.05) is 18.3 Å². The Labute approximate surface area is 95.7 Å². The molecular formula is C12H18N4. The van der Waals surface area contributed by atoms with E-state index in [1.165, 1.54) is 12.8 Å². The topological polar surface area (TPSA) is 42.2 Å². The zero-order valence-corrected chi connectivity index (χ0v) is 9.85. The quantitative estimate of drug-likeness (QED) is 0.838. The first kappa shape index (κ1) is 10.9. The number of hydrogen-bond donors (Lipinski definition) is 1. The van der Waals surface area contributed by atoms with Gasteiger partial charge in [-0.3, -0.25) is 0 Å². The molecule has 0 saturated heterocycles. The lowest BCUT2D eigenvalue weighted by atomic mass is 10.0. The Kier molecular flexibility index (Phi) is 3.39. The van der Waals surface area contributed by atoms with Crippen LogP contribution in [0.5, 0.6) is 0 Å². The van der Waals surface area contributed by atoms with Crippen molar-refractivity contribution in [2.75, 3.05) is 11.9 Å². The second kappa shape index (κ2) is 4.96. The fourth-order valence-corrected chi connectivity index (χ4v) is 1.74. The highest BCUT2D eigenvalue weighted by Gasteiger charge is 2.04. The van der Waals surface area contributed by atoms with Gasteiger partial charge in [0, 0.05) is 18.8 Å². The summed E-state index contributed by atoms with van der Waals surface area (Å²) in [6.45, 7) is 5.44. The van der Waals surface area contributed by atoms with E-state index >= 15 is 0 Å². The van der Waals surface area contributed by atoms with Gasteiger partial charge in [-0.25, -0.2) is 9.50 Å². The molecule has 16 heavy (non-hydrogen) atoms. The Balaban J connectivity index is 2.03. The number of hydrogen-bond acceptors (Lipinski definition) is 3. The van der Waals surface area contributed by atoms with Gasteiger partial charge in [-0.05, 0) is 12.0 Å². The number of aromatic nitrogens is 3. The van der Waals surface area contributed by atoms with E-state index in [0.717, 1.165) is 23.9 Å². The number of fused-ring (bicyclic) bond motifs is 1. The van der Waals surface area contributed by atoms with E-state index in [1.54, 1.807) is 10.7 Å². The number of anilines is 1. The van der Waals surface area contributed by atoms with Gasteiger partial charge in [0.15, 0.2) is 5.65 Å². The minimum atomic E-state index is 0.725. The first-order chi connectivity index (χ1) is 7.83. The summed E-state index contributed by atoms with van der Waals surface area (Å²) >= 11 is 0. The summed E-state index contributed by atoms with van der Waals surface area (Å²) < 4.78 is 1.77. The van der Waals surface area contributed by atoms with Gasteiger partial charge in [-0.15, -0.1) is 0 Å². The average molecular weight is 218 g/mol. The van der Waals surface area contributed by atoms with Crippen molar-refractivity contribution in [1.29, 1.82) is 0 Å². The maximum absolute atomic E-state index is 4.47. The van der Waals surface area contributed by atoms with Crippen LogP contribution in [0.25, 0.3) is 5.65 Å². The van der Waals surface area contributed by atoms with E-state index in [4.69, 9.17) is 0 Å². The fraction of sp³-hybridized carbons (Fsp3) is 0.500. The third-order valence-electron chi connectivity index (χ3n) is 2.98. The molecule has 0 bridgehead atoms. The lowest BCUT2D eigenvalue weighted by molar-refractivity contribution is 0.518. The van der Waals surface area contributed by atoms with Crippen LogP contribution < -0.4 is 5.32 Å². The van der Waals surface area contributed by atoms with Gasteiger partial charge in [0.1, 0.15) is 5.82 Å². The second-order valence-electron chi connectivity index (χ2n) is 4.01. The summed E-state index contributed by atoms with van der Waals surface area (Å²) in [7, 11) is 0. The lowest BCUT2D eigenvalue weighted by Gasteiger charge is -2.13. The SMILES string of the molecule is CCC(CC)CNc1ccn2nccc2n1. The molecular weight excluding hydrogens is 200 g/mol. The molecule has 2 aromatic heterocycles. The molecule has 0 unspecified atom stereocenters. The van der Waals surface area contributed by atoms with Gasteiger partial charge in [0.05, 0.1) is 6.20 Å². The molecule has 0 spiro atoms. The molecule has 0 aliphatic heterocycles. The summed E-state index contributed by atoms with van der Waals surface area (Å²) in [6.07, 6.45) is 6.10. The molecule has 2 aromatic rings. The van der Waals surface area contributed by atoms with Crippen LogP contribution in [0.3, 0.4) is 0 Å². The molecule has 0 amide bonds. The highest BCUT2D eigenvalue weighted by molar-refractivity contribution is 5.45. The molecule has 86 valence electrons. The van der Waals surface area contributed by atoms with E-state index in [-0.39, 0.29) is 0 Å². The van der Waals surface area contributed by atoms with Crippen molar-refractivity contribution in [3.05, 3.63) is 24.5 Å². The predicted octanol–water partition coefficient (Wildman–Crippen LogP) is 2.58. The molecule has 0 fully saturated rings. The van der Waals surface area contributed by atoms with Crippen molar-refractivity contribution in [3.8, 4) is 0 Å². The first-order valence-electron chi connectivity index (χ1n) is 5.87. The van der Waals surface area contributed by atoms with Gasteiger partial charge in [-0.2, -0.15) is 5.10 Å². The van der Waals surface area contributed by atoms with Crippen molar-refractivity contribution in [1.82, 2.24) is 14.6 Å². The van der Waals surface area contributed by atoms with Crippen LogP contribution in [-0.2, 0) is 0 Å². The molecule has 0 atom stereocenters. The zero-order chi connectivity index (χ0) is 11.4. The molecule has 0 radical (unpaired) electrons. The van der Waals surface area contributed by atoms with Crippen molar-refractivity contribution < 1.29 is 0 Å². The van der Waals surface area contributed by atoms with E-state index in [9.17, 15) is 0 Å². The molecule has 4 nitrogen and oxygen atoms in total. The molecule has 0 aliphatic carbocycles. The Morgan fingerprint density at radius 2 is 2.12 bits per heavy atom. The summed E-state index contributed by atoms with van der Waals surface area (Å²) in [5, 5.41) is 7.49. The summed E-state index contributed by atoms with van der Waals surface area (Å²) in [5.74, 6) is 1.66. The Morgan fingerprint density at radius 3 is 2.88 bits per heavy atom. The third-order valence-corrected chi connectivity index (χ3v) is 2.98. The third kappa shape index (κ3) is 2.32. The summed E-state index contributed by atoms with van der Waals surface area (Å²) in [6, 6.07) is 3.87. The van der Waals surface area contributed by atoms with Gasteiger partial charge in [-0.1, -0.05) is 26.7 Å². The normalized spacial score (nSPS) is 11.2. The van der Waals surface area contributed by atoms with Gasteiger partial charge in [0.2, 0.25) is 0 Å². The Bertz CT molecular complexity index is 445. The van der Waals surface area contributed by atoms with Crippen LogP contribution in [0.15, 0.2) is 24.5 Å². The standard InChI is InChI=1S/C12H18N4/c1-3-10(4-2)9-13-11-6-8-16-12(15-11)5-7-14-16/h5-8,10H,3-4,9H2,1-2H3,(H,13,15). The fourth-order valence-electron chi connectivity index (χ4n) is 1.74. The highest BCUT2D eigenvalue weighted by Crippen LogP contribution is 2.10. The molecule has 0 aromatic carbocycles. The Morgan fingerprint density at radius 1 is 1.31 bits per heavy atom. The smallest absolute Gasteiger partial charge is 0.157 e. The van der Waals surface area contributed by atoms with Gasteiger partial charge < -0.3 is 5.32 Å². The molecule has 2 rings (SSSR count). The van der Waals surface area contributed by atoms with Crippen LogP contribution in [0.1, 0.15) is 26.7 Å². The highest BCUT2D eigenvalue weighted by atomic mass is 15.2. The molecule has 1 N–H and O–H groups in total. The zero-order valence-electron chi connectivity index (χ0n) is 9.85. The number of nitrogens with zero attached hydrogens (tertiary/aromatic N) is 3. The van der Waals surface area contributed by atoms with Crippen molar-refractivity contribution >= 4 is 11.5 Å². The van der Waals surface area contributed by atoms with Crippen LogP contribution in [0.4, 0.5) is 5.82 Å².